The largest absolute Gasteiger partial charge is 0.370 e. The van der Waals surface area contributed by atoms with E-state index in [1.54, 1.807) is 13.2 Å². The molecule has 2 rings (SSSR count). The summed E-state index contributed by atoms with van der Waals surface area (Å²) in [6.07, 6.45) is 3.29. The van der Waals surface area contributed by atoms with Crippen molar-refractivity contribution in [1.29, 1.82) is 0 Å². The number of hydrogen-bond donors (Lipinski definition) is 0. The summed E-state index contributed by atoms with van der Waals surface area (Å²) >= 11 is 0. The smallest absolute Gasteiger partial charge is 0.194 e. The average Bonchev–Trinajstić information content (AvgIpc) is 2.41. The second-order valence-corrected chi connectivity index (χ2v) is 6.65. The fourth-order valence-corrected chi connectivity index (χ4v) is 2.94. The third-order valence-electron chi connectivity index (χ3n) is 4.66. The van der Waals surface area contributed by atoms with Crippen molar-refractivity contribution in [3.8, 4) is 0 Å². The van der Waals surface area contributed by atoms with Crippen LogP contribution in [0.15, 0.2) is 18.2 Å². The quantitative estimate of drug-likeness (QED) is 0.770. The molecule has 0 aliphatic heterocycles. The molecule has 2 nitrogen and oxygen atoms in total. The van der Waals surface area contributed by atoms with Gasteiger partial charge in [0.25, 0.3) is 0 Å². The fourth-order valence-electron chi connectivity index (χ4n) is 2.94. The molecule has 3 heteroatoms. The van der Waals surface area contributed by atoms with Gasteiger partial charge in [-0.3, -0.25) is 4.79 Å². The Morgan fingerprint density at radius 2 is 1.80 bits per heavy atom. The summed E-state index contributed by atoms with van der Waals surface area (Å²) < 4.78 is 19.0. The topological polar surface area (TPSA) is 26.3 Å². The number of carbonyl (C=O) groups is 1. The Kier molecular flexibility index (Phi) is 4.01. The lowest BCUT2D eigenvalue weighted by Gasteiger charge is -2.41. The minimum atomic E-state index is -0.784. The summed E-state index contributed by atoms with van der Waals surface area (Å²) in [5, 5.41) is 0. The zero-order valence-electron chi connectivity index (χ0n) is 12.8. The van der Waals surface area contributed by atoms with Crippen molar-refractivity contribution < 1.29 is 13.9 Å². The molecule has 0 N–H and O–H groups in total. The lowest BCUT2D eigenvalue weighted by molar-refractivity contribution is -0.0383. The Morgan fingerprint density at radius 1 is 1.20 bits per heavy atom. The number of Topliss-reactive ketones (excluding diaryl/α,β-unsaturated/α-hetero) is 1. The van der Waals surface area contributed by atoms with Crippen molar-refractivity contribution in [2.45, 2.75) is 52.1 Å². The number of methoxy groups -OCH3 is 1. The van der Waals surface area contributed by atoms with E-state index in [-0.39, 0.29) is 17.0 Å². The van der Waals surface area contributed by atoms with Crippen LogP contribution in [0.3, 0.4) is 0 Å². The standard InChI is InChI=1S/C17H23FO2/c1-12-5-6-13(18)11-14(12)15(19)17(20-4)9-7-16(2,3)8-10-17/h5-6,11H,7-10H2,1-4H3. The first-order valence-electron chi connectivity index (χ1n) is 7.16. The van der Waals surface area contributed by atoms with Gasteiger partial charge in [-0.25, -0.2) is 4.39 Å². The number of ether oxygens (including phenoxy) is 1. The van der Waals surface area contributed by atoms with Gasteiger partial charge in [-0.05, 0) is 55.7 Å². The van der Waals surface area contributed by atoms with Crippen molar-refractivity contribution in [3.05, 3.63) is 35.1 Å². The van der Waals surface area contributed by atoms with Crippen LogP contribution in [0.25, 0.3) is 0 Å². The van der Waals surface area contributed by atoms with Crippen LogP contribution in [0.5, 0.6) is 0 Å². The second-order valence-electron chi connectivity index (χ2n) is 6.65. The first-order valence-corrected chi connectivity index (χ1v) is 7.16. The molecular formula is C17H23FO2. The summed E-state index contributed by atoms with van der Waals surface area (Å²) in [5.74, 6) is -0.450. The molecule has 1 saturated carbocycles. The number of hydrogen-bond acceptors (Lipinski definition) is 2. The average molecular weight is 278 g/mol. The summed E-state index contributed by atoms with van der Waals surface area (Å²) in [7, 11) is 1.59. The van der Waals surface area contributed by atoms with Crippen LogP contribution in [-0.2, 0) is 4.74 Å². The molecule has 0 atom stereocenters. The van der Waals surface area contributed by atoms with Crippen molar-refractivity contribution in [2.75, 3.05) is 7.11 Å². The molecule has 0 saturated heterocycles. The van der Waals surface area contributed by atoms with E-state index in [9.17, 15) is 9.18 Å². The van der Waals surface area contributed by atoms with Crippen LogP contribution in [0.1, 0.15) is 55.5 Å². The van der Waals surface area contributed by atoms with Crippen LogP contribution in [0.2, 0.25) is 0 Å². The number of aryl methyl sites for hydroxylation is 1. The molecule has 1 aliphatic rings. The summed E-state index contributed by atoms with van der Waals surface area (Å²) in [6.45, 7) is 6.26. The van der Waals surface area contributed by atoms with Gasteiger partial charge in [-0.2, -0.15) is 0 Å². The van der Waals surface area contributed by atoms with E-state index >= 15 is 0 Å². The van der Waals surface area contributed by atoms with Crippen molar-refractivity contribution >= 4 is 5.78 Å². The van der Waals surface area contributed by atoms with E-state index in [0.29, 0.717) is 18.4 Å². The number of rotatable bonds is 3. The van der Waals surface area contributed by atoms with Crippen LogP contribution < -0.4 is 0 Å². The molecule has 1 aromatic rings. The predicted molar refractivity (Wildman–Crippen MR) is 77.5 cm³/mol. The lowest BCUT2D eigenvalue weighted by atomic mass is 9.68. The van der Waals surface area contributed by atoms with E-state index in [1.807, 2.05) is 6.92 Å². The fraction of sp³-hybridized carbons (Fsp3) is 0.588. The molecule has 0 unspecified atom stereocenters. The maximum absolute atomic E-state index is 13.4. The van der Waals surface area contributed by atoms with Crippen LogP contribution >= 0.6 is 0 Å². The Morgan fingerprint density at radius 3 is 2.35 bits per heavy atom. The summed E-state index contributed by atoms with van der Waals surface area (Å²) in [5.41, 5.74) is 0.720. The molecule has 20 heavy (non-hydrogen) atoms. The first-order chi connectivity index (χ1) is 9.30. The van der Waals surface area contributed by atoms with Crippen LogP contribution in [0, 0.1) is 18.2 Å². The number of benzene rings is 1. The van der Waals surface area contributed by atoms with Crippen LogP contribution in [-0.4, -0.2) is 18.5 Å². The van der Waals surface area contributed by atoms with Gasteiger partial charge in [0, 0.05) is 12.7 Å². The SMILES string of the molecule is COC1(C(=O)c2cc(F)ccc2C)CCC(C)(C)CC1. The van der Waals surface area contributed by atoms with Crippen LogP contribution in [0.4, 0.5) is 4.39 Å². The zero-order valence-corrected chi connectivity index (χ0v) is 12.8. The predicted octanol–water partition coefficient (Wildman–Crippen LogP) is 4.30. The maximum atomic E-state index is 13.4. The maximum Gasteiger partial charge on any atom is 0.194 e. The van der Waals surface area contributed by atoms with Gasteiger partial charge in [-0.1, -0.05) is 19.9 Å². The van der Waals surface area contributed by atoms with Gasteiger partial charge in [0.1, 0.15) is 11.4 Å². The molecule has 0 aromatic heterocycles. The van der Waals surface area contributed by atoms with E-state index in [4.69, 9.17) is 4.74 Å². The minimum Gasteiger partial charge on any atom is -0.370 e. The third kappa shape index (κ3) is 2.78. The molecule has 0 bridgehead atoms. The molecule has 1 fully saturated rings. The zero-order chi connectivity index (χ0) is 15.0. The Balaban J connectivity index is 2.32. The molecule has 0 radical (unpaired) electrons. The van der Waals surface area contributed by atoms with Gasteiger partial charge in [0.15, 0.2) is 5.78 Å². The second kappa shape index (κ2) is 5.28. The minimum absolute atomic E-state index is 0.0764. The van der Waals surface area contributed by atoms with Gasteiger partial charge < -0.3 is 4.74 Å². The first kappa shape index (κ1) is 15.2. The van der Waals surface area contributed by atoms with Gasteiger partial charge in [-0.15, -0.1) is 0 Å². The number of halogens is 1. The highest BCUT2D eigenvalue weighted by Crippen LogP contribution is 2.43. The highest BCUT2D eigenvalue weighted by atomic mass is 19.1. The third-order valence-corrected chi connectivity index (χ3v) is 4.66. The van der Waals surface area contributed by atoms with E-state index in [2.05, 4.69) is 13.8 Å². The summed E-state index contributed by atoms with van der Waals surface area (Å²) in [6, 6.07) is 4.37. The van der Waals surface area contributed by atoms with Gasteiger partial charge >= 0.3 is 0 Å². The summed E-state index contributed by atoms with van der Waals surface area (Å²) in [4.78, 5) is 12.8. The van der Waals surface area contributed by atoms with E-state index < -0.39 is 5.60 Å². The Labute approximate surface area is 120 Å². The van der Waals surface area contributed by atoms with Crippen molar-refractivity contribution in [3.63, 3.8) is 0 Å². The van der Waals surface area contributed by atoms with Crippen molar-refractivity contribution in [2.24, 2.45) is 5.41 Å². The molecule has 1 aliphatic carbocycles. The highest BCUT2D eigenvalue weighted by Gasteiger charge is 2.44. The Bertz CT molecular complexity index is 510. The number of carbonyl (C=O) groups excluding carboxylic acids is 1. The normalized spacial score (nSPS) is 20.6. The molecule has 110 valence electrons. The Hall–Kier alpha value is -1.22. The molecule has 0 heterocycles. The monoisotopic (exact) mass is 278 g/mol. The highest BCUT2D eigenvalue weighted by molar-refractivity contribution is 6.03. The molecular weight excluding hydrogens is 255 g/mol. The van der Waals surface area contributed by atoms with Crippen molar-refractivity contribution in [1.82, 2.24) is 0 Å². The lowest BCUT2D eigenvalue weighted by Crippen LogP contribution is -2.46. The molecule has 0 amide bonds. The van der Waals surface area contributed by atoms with Gasteiger partial charge in [0.05, 0.1) is 0 Å². The molecule has 0 spiro atoms. The van der Waals surface area contributed by atoms with E-state index in [1.165, 1.54) is 12.1 Å². The molecule has 1 aromatic carbocycles. The number of ketones is 1. The van der Waals surface area contributed by atoms with E-state index in [0.717, 1.165) is 18.4 Å². The van der Waals surface area contributed by atoms with Gasteiger partial charge in [0.2, 0.25) is 0 Å².